The standard InChI is InChI=1S/C48H35NS2/c1-47(2)40-15-9-6-12-32(40)36-23-28(19-22-41(36)47)49(29-17-20-33-31-11-5-8-14-39(31)48(3,4)42(33)24-29)30-18-21-35-38-26-37-34-13-7-10-16-43(34)50-45(37)27-46(38)51-44(35)25-30/h5-27H,1-4H3. The normalized spacial score (nSPS) is 15.0. The fraction of sp³-hybridized carbons (Fsp3) is 0.125. The van der Waals surface area contributed by atoms with Crippen LogP contribution < -0.4 is 4.90 Å². The monoisotopic (exact) mass is 689 g/mol. The van der Waals surface area contributed by atoms with E-state index in [1.807, 2.05) is 22.7 Å². The van der Waals surface area contributed by atoms with E-state index in [9.17, 15) is 0 Å². The van der Waals surface area contributed by atoms with Crippen molar-refractivity contribution in [1.29, 1.82) is 0 Å². The van der Waals surface area contributed by atoms with Crippen LogP contribution in [-0.4, -0.2) is 0 Å². The van der Waals surface area contributed by atoms with Gasteiger partial charge in [-0.1, -0.05) is 113 Å². The number of hydrogen-bond acceptors (Lipinski definition) is 3. The SMILES string of the molecule is CC1(C)c2ccccc2-c2cc(N(c3ccc4c(c3)C(C)(C)c3ccccc3-4)c3ccc4c(c3)sc3cc5sc6ccccc6c5cc34)ccc21. The Hall–Kier alpha value is -5.22. The topological polar surface area (TPSA) is 3.24 Å². The number of hydrogen-bond donors (Lipinski definition) is 0. The van der Waals surface area contributed by atoms with Crippen molar-refractivity contribution in [1.82, 2.24) is 0 Å². The van der Waals surface area contributed by atoms with E-state index in [-0.39, 0.29) is 10.8 Å². The smallest absolute Gasteiger partial charge is 0.0476 e. The summed E-state index contributed by atoms with van der Waals surface area (Å²) in [5.41, 5.74) is 14.4. The lowest BCUT2D eigenvalue weighted by Crippen LogP contribution is -2.17. The number of fused-ring (bicyclic) bond motifs is 12. The maximum absolute atomic E-state index is 2.49. The number of nitrogens with zero attached hydrogens (tertiary/aromatic N) is 1. The highest BCUT2D eigenvalue weighted by atomic mass is 32.1. The number of rotatable bonds is 3. The van der Waals surface area contributed by atoms with Gasteiger partial charge in [-0.25, -0.2) is 0 Å². The van der Waals surface area contributed by atoms with Crippen LogP contribution in [0.5, 0.6) is 0 Å². The summed E-state index contributed by atoms with van der Waals surface area (Å²) in [6.45, 7) is 9.46. The molecule has 244 valence electrons. The summed E-state index contributed by atoms with van der Waals surface area (Å²) in [6.07, 6.45) is 0. The van der Waals surface area contributed by atoms with Gasteiger partial charge in [0, 0.05) is 68.2 Å². The third-order valence-corrected chi connectivity index (χ3v) is 14.1. The first-order valence-corrected chi connectivity index (χ1v) is 19.5. The predicted molar refractivity (Wildman–Crippen MR) is 222 cm³/mol. The molecule has 0 saturated carbocycles. The minimum Gasteiger partial charge on any atom is -0.310 e. The first kappa shape index (κ1) is 29.5. The summed E-state index contributed by atoms with van der Waals surface area (Å²) in [5, 5.41) is 5.38. The van der Waals surface area contributed by atoms with Gasteiger partial charge >= 0.3 is 0 Å². The van der Waals surface area contributed by atoms with Gasteiger partial charge in [0.05, 0.1) is 0 Å². The van der Waals surface area contributed by atoms with Gasteiger partial charge in [0.2, 0.25) is 0 Å². The summed E-state index contributed by atoms with van der Waals surface area (Å²) in [6, 6.07) is 52.9. The van der Waals surface area contributed by atoms with Crippen molar-refractivity contribution in [3.63, 3.8) is 0 Å². The van der Waals surface area contributed by atoms with E-state index in [0.717, 1.165) is 0 Å². The number of thiophene rings is 2. The molecule has 0 N–H and O–H groups in total. The molecular formula is C48H35NS2. The molecule has 9 aromatic rings. The van der Waals surface area contributed by atoms with Gasteiger partial charge in [-0.3, -0.25) is 0 Å². The second kappa shape index (κ2) is 10.2. The molecule has 2 aliphatic carbocycles. The highest BCUT2D eigenvalue weighted by molar-refractivity contribution is 7.28. The van der Waals surface area contributed by atoms with Crippen LogP contribution in [-0.2, 0) is 10.8 Å². The van der Waals surface area contributed by atoms with E-state index >= 15 is 0 Å². The maximum Gasteiger partial charge on any atom is 0.0476 e. The van der Waals surface area contributed by atoms with Crippen LogP contribution in [0.25, 0.3) is 62.6 Å². The molecule has 0 fully saturated rings. The van der Waals surface area contributed by atoms with E-state index in [1.165, 1.54) is 102 Å². The van der Waals surface area contributed by atoms with Crippen LogP contribution in [0.15, 0.2) is 140 Å². The Labute approximate surface area is 306 Å². The first-order valence-electron chi connectivity index (χ1n) is 17.8. The summed E-state index contributed by atoms with van der Waals surface area (Å²) >= 11 is 3.81. The first-order chi connectivity index (χ1) is 24.8. The molecule has 0 saturated heterocycles. The van der Waals surface area contributed by atoms with Gasteiger partial charge in [0.25, 0.3) is 0 Å². The molecule has 0 atom stereocenters. The van der Waals surface area contributed by atoms with Crippen molar-refractivity contribution < 1.29 is 0 Å². The molecule has 2 aliphatic rings. The zero-order valence-corrected chi connectivity index (χ0v) is 30.7. The minimum atomic E-state index is -0.0824. The van der Waals surface area contributed by atoms with E-state index < -0.39 is 0 Å². The molecule has 0 amide bonds. The third kappa shape index (κ3) is 4.02. The van der Waals surface area contributed by atoms with E-state index in [2.05, 4.69) is 172 Å². The summed E-state index contributed by atoms with van der Waals surface area (Å²) in [4.78, 5) is 2.49. The predicted octanol–water partition coefficient (Wildman–Crippen LogP) is 14.5. The highest BCUT2D eigenvalue weighted by Crippen LogP contribution is 2.53. The Balaban J connectivity index is 1.12. The molecule has 11 rings (SSSR count). The van der Waals surface area contributed by atoms with E-state index in [4.69, 9.17) is 0 Å². The Kier molecular flexibility index (Phi) is 5.89. The molecule has 0 radical (unpaired) electrons. The molecule has 0 aliphatic heterocycles. The van der Waals surface area contributed by atoms with Gasteiger partial charge in [-0.2, -0.15) is 0 Å². The van der Waals surface area contributed by atoms with Crippen molar-refractivity contribution in [2.45, 2.75) is 38.5 Å². The lowest BCUT2D eigenvalue weighted by molar-refractivity contribution is 0.660. The van der Waals surface area contributed by atoms with E-state index in [0.29, 0.717) is 0 Å². The van der Waals surface area contributed by atoms with Gasteiger partial charge < -0.3 is 4.90 Å². The fourth-order valence-corrected chi connectivity index (χ4v) is 11.6. The lowest BCUT2D eigenvalue weighted by atomic mass is 9.82. The third-order valence-electron chi connectivity index (χ3n) is 11.9. The molecule has 0 bridgehead atoms. The zero-order valence-electron chi connectivity index (χ0n) is 29.0. The minimum absolute atomic E-state index is 0.0340. The molecule has 1 nitrogen and oxygen atoms in total. The molecule has 2 heterocycles. The van der Waals surface area contributed by atoms with Crippen LogP contribution in [0.1, 0.15) is 49.9 Å². The molecule has 2 aromatic heterocycles. The van der Waals surface area contributed by atoms with Crippen LogP contribution in [0.4, 0.5) is 17.1 Å². The fourth-order valence-electron chi connectivity index (χ4n) is 9.25. The van der Waals surface area contributed by atoms with Gasteiger partial charge in [0.15, 0.2) is 0 Å². The molecule has 0 spiro atoms. The van der Waals surface area contributed by atoms with Crippen LogP contribution in [0.3, 0.4) is 0 Å². The van der Waals surface area contributed by atoms with Crippen LogP contribution in [0.2, 0.25) is 0 Å². The van der Waals surface area contributed by atoms with Crippen LogP contribution in [0, 0.1) is 0 Å². The summed E-state index contributed by atoms with van der Waals surface area (Å²) < 4.78 is 5.38. The van der Waals surface area contributed by atoms with Gasteiger partial charge in [-0.15, -0.1) is 22.7 Å². The van der Waals surface area contributed by atoms with E-state index in [1.54, 1.807) is 0 Å². The Morgan fingerprint density at radius 1 is 0.353 bits per heavy atom. The van der Waals surface area contributed by atoms with Crippen molar-refractivity contribution >= 4 is 80.1 Å². The lowest BCUT2D eigenvalue weighted by Gasteiger charge is -2.29. The Morgan fingerprint density at radius 2 is 0.863 bits per heavy atom. The Morgan fingerprint density at radius 3 is 1.65 bits per heavy atom. The van der Waals surface area contributed by atoms with Crippen molar-refractivity contribution in [3.05, 3.63) is 162 Å². The molecule has 51 heavy (non-hydrogen) atoms. The molecule has 3 heteroatoms. The zero-order chi connectivity index (χ0) is 34.2. The van der Waals surface area contributed by atoms with Gasteiger partial charge in [0.1, 0.15) is 0 Å². The second-order valence-corrected chi connectivity index (χ2v) is 17.5. The molecule has 7 aromatic carbocycles. The Bertz CT molecular complexity index is 2940. The average Bonchev–Trinajstić information content (AvgIpc) is 3.82. The molecule has 0 unspecified atom stereocenters. The average molecular weight is 690 g/mol. The van der Waals surface area contributed by atoms with Gasteiger partial charge in [-0.05, 0) is 99.1 Å². The quantitative estimate of drug-likeness (QED) is 0.178. The van der Waals surface area contributed by atoms with Crippen molar-refractivity contribution in [2.75, 3.05) is 4.90 Å². The molecular weight excluding hydrogens is 655 g/mol. The van der Waals surface area contributed by atoms with Crippen LogP contribution >= 0.6 is 22.7 Å². The number of benzene rings is 7. The van der Waals surface area contributed by atoms with Crippen molar-refractivity contribution in [2.24, 2.45) is 0 Å². The number of anilines is 3. The summed E-state index contributed by atoms with van der Waals surface area (Å²) in [5.74, 6) is 0. The second-order valence-electron chi connectivity index (χ2n) is 15.4. The van der Waals surface area contributed by atoms with Crippen molar-refractivity contribution in [3.8, 4) is 22.3 Å². The largest absolute Gasteiger partial charge is 0.310 e. The maximum atomic E-state index is 2.49. The summed E-state index contributed by atoms with van der Waals surface area (Å²) in [7, 11) is 0. The highest BCUT2D eigenvalue weighted by Gasteiger charge is 2.37.